The summed E-state index contributed by atoms with van der Waals surface area (Å²) in [5.41, 5.74) is 3.65. The average molecular weight is 467 g/mol. The van der Waals surface area contributed by atoms with E-state index in [0.717, 1.165) is 10.8 Å². The molecular formula is C27H21N3O5. The monoisotopic (exact) mass is 467 g/mol. The normalized spacial score (nSPS) is 10.7. The number of methoxy groups -OCH3 is 1. The number of nitrogens with zero attached hydrogens (tertiary/aromatic N) is 1. The van der Waals surface area contributed by atoms with Gasteiger partial charge in [0.25, 0.3) is 0 Å². The number of carbonyl (C=O) groups excluding carboxylic acids is 3. The summed E-state index contributed by atoms with van der Waals surface area (Å²) in [4.78, 5) is 36.8. The van der Waals surface area contributed by atoms with Crippen LogP contribution in [0.1, 0.15) is 15.9 Å². The van der Waals surface area contributed by atoms with Crippen LogP contribution < -0.4 is 20.2 Å². The van der Waals surface area contributed by atoms with E-state index in [-0.39, 0.29) is 0 Å². The lowest BCUT2D eigenvalue weighted by molar-refractivity contribution is -0.136. The van der Waals surface area contributed by atoms with Crippen LogP contribution in [0, 0.1) is 0 Å². The van der Waals surface area contributed by atoms with Crippen molar-refractivity contribution in [3.63, 3.8) is 0 Å². The Balaban J connectivity index is 1.34. The van der Waals surface area contributed by atoms with E-state index < -0.39 is 17.8 Å². The van der Waals surface area contributed by atoms with Crippen LogP contribution in [0.5, 0.6) is 11.5 Å². The molecule has 0 radical (unpaired) electrons. The summed E-state index contributed by atoms with van der Waals surface area (Å²) >= 11 is 0. The van der Waals surface area contributed by atoms with E-state index >= 15 is 0 Å². The third-order valence-corrected chi connectivity index (χ3v) is 5.02. The number of anilines is 1. The van der Waals surface area contributed by atoms with Crippen molar-refractivity contribution < 1.29 is 23.9 Å². The third-order valence-electron chi connectivity index (χ3n) is 5.02. The van der Waals surface area contributed by atoms with Gasteiger partial charge in [0, 0.05) is 11.1 Å². The molecule has 2 N–H and O–H groups in total. The Morgan fingerprint density at radius 1 is 0.800 bits per heavy atom. The molecule has 0 aliphatic heterocycles. The van der Waals surface area contributed by atoms with Crippen molar-refractivity contribution >= 4 is 40.5 Å². The molecular weight excluding hydrogens is 446 g/mol. The van der Waals surface area contributed by atoms with Crippen LogP contribution in [0.25, 0.3) is 10.8 Å². The van der Waals surface area contributed by atoms with Gasteiger partial charge in [-0.1, -0.05) is 48.5 Å². The molecule has 0 aromatic heterocycles. The minimum absolute atomic E-state index is 0.301. The van der Waals surface area contributed by atoms with Crippen LogP contribution in [0.4, 0.5) is 5.69 Å². The zero-order valence-corrected chi connectivity index (χ0v) is 18.7. The Morgan fingerprint density at radius 3 is 2.34 bits per heavy atom. The summed E-state index contributed by atoms with van der Waals surface area (Å²) < 4.78 is 10.5. The summed E-state index contributed by atoms with van der Waals surface area (Å²) in [5, 5.41) is 8.18. The number of ether oxygens (including phenoxy) is 2. The predicted molar refractivity (Wildman–Crippen MR) is 133 cm³/mol. The Bertz CT molecular complexity index is 1410. The summed E-state index contributed by atoms with van der Waals surface area (Å²) in [5.74, 6) is -1.36. The molecule has 174 valence electrons. The first-order valence-electron chi connectivity index (χ1n) is 10.6. The van der Waals surface area contributed by atoms with Crippen LogP contribution in [-0.4, -0.2) is 31.1 Å². The number of fused-ring (bicyclic) bond motifs is 1. The fraction of sp³-hybridized carbons (Fsp3) is 0.0370. The van der Waals surface area contributed by atoms with Crippen molar-refractivity contribution in [3.8, 4) is 11.5 Å². The number of benzene rings is 4. The van der Waals surface area contributed by atoms with Gasteiger partial charge < -0.3 is 14.8 Å². The van der Waals surface area contributed by atoms with Crippen molar-refractivity contribution in [2.45, 2.75) is 0 Å². The van der Waals surface area contributed by atoms with Crippen molar-refractivity contribution in [2.75, 3.05) is 12.4 Å². The van der Waals surface area contributed by atoms with Crippen LogP contribution in [0.3, 0.4) is 0 Å². The minimum Gasteiger partial charge on any atom is -0.497 e. The molecule has 0 heterocycles. The second-order valence-electron chi connectivity index (χ2n) is 7.37. The van der Waals surface area contributed by atoms with Crippen molar-refractivity contribution in [1.29, 1.82) is 0 Å². The van der Waals surface area contributed by atoms with E-state index in [1.807, 2.05) is 30.3 Å². The lowest BCUT2D eigenvalue weighted by Crippen LogP contribution is -2.32. The van der Waals surface area contributed by atoms with Crippen molar-refractivity contribution in [3.05, 3.63) is 102 Å². The number of hydrazone groups is 1. The van der Waals surface area contributed by atoms with Crippen molar-refractivity contribution in [2.24, 2.45) is 5.10 Å². The SMILES string of the molecule is COc1ccc(C(=O)Oc2cccc(/C=N\NC(=O)C(=O)Nc3cccc4ccccc34)c2)cc1. The van der Waals surface area contributed by atoms with E-state index in [0.29, 0.717) is 28.3 Å². The highest BCUT2D eigenvalue weighted by molar-refractivity contribution is 6.40. The van der Waals surface area contributed by atoms with Gasteiger partial charge in [0.15, 0.2) is 0 Å². The highest BCUT2D eigenvalue weighted by atomic mass is 16.5. The predicted octanol–water partition coefficient (Wildman–Crippen LogP) is 4.16. The summed E-state index contributed by atoms with van der Waals surface area (Å²) in [6, 6.07) is 26.1. The Hall–Kier alpha value is -4.98. The number of hydrogen-bond acceptors (Lipinski definition) is 6. The largest absolute Gasteiger partial charge is 0.497 e. The number of esters is 1. The standard InChI is InChI=1S/C27H21N3O5/c1-34-21-14-12-20(13-15-21)27(33)35-22-9-4-6-18(16-22)17-28-30-26(32)25(31)29-24-11-5-8-19-7-2-3-10-23(19)24/h2-17H,1H3,(H,29,31)(H,30,32)/b28-17-. The zero-order valence-electron chi connectivity index (χ0n) is 18.7. The molecule has 0 saturated heterocycles. The molecule has 4 aromatic rings. The van der Waals surface area contributed by atoms with Crippen molar-refractivity contribution in [1.82, 2.24) is 5.43 Å². The van der Waals surface area contributed by atoms with Gasteiger partial charge in [0.05, 0.1) is 18.9 Å². The molecule has 4 aromatic carbocycles. The summed E-state index contributed by atoms with van der Waals surface area (Å²) in [6.45, 7) is 0. The lowest BCUT2D eigenvalue weighted by atomic mass is 10.1. The van der Waals surface area contributed by atoms with Gasteiger partial charge in [-0.15, -0.1) is 0 Å². The summed E-state index contributed by atoms with van der Waals surface area (Å²) in [6.07, 6.45) is 1.34. The number of hydrogen-bond donors (Lipinski definition) is 2. The van der Waals surface area contributed by atoms with E-state index in [9.17, 15) is 14.4 Å². The lowest BCUT2D eigenvalue weighted by Gasteiger charge is -2.07. The highest BCUT2D eigenvalue weighted by Crippen LogP contribution is 2.22. The Labute approximate surface area is 201 Å². The number of nitrogens with one attached hydrogen (secondary N) is 2. The second-order valence-corrected chi connectivity index (χ2v) is 7.37. The average Bonchev–Trinajstić information content (AvgIpc) is 2.89. The number of carbonyl (C=O) groups is 3. The molecule has 8 nitrogen and oxygen atoms in total. The van der Waals surface area contributed by atoms with Gasteiger partial charge in [-0.3, -0.25) is 9.59 Å². The minimum atomic E-state index is -0.920. The van der Waals surface area contributed by atoms with Gasteiger partial charge in [-0.2, -0.15) is 5.10 Å². The molecule has 0 bridgehead atoms. The van der Waals surface area contributed by atoms with E-state index in [1.54, 1.807) is 67.8 Å². The van der Waals surface area contributed by atoms with Crippen LogP contribution in [0.15, 0.2) is 96.1 Å². The van der Waals surface area contributed by atoms with E-state index in [2.05, 4.69) is 15.8 Å². The molecule has 0 saturated carbocycles. The molecule has 0 spiro atoms. The van der Waals surface area contributed by atoms with E-state index in [1.165, 1.54) is 6.21 Å². The first kappa shape index (κ1) is 23.2. The van der Waals surface area contributed by atoms with Gasteiger partial charge in [0.1, 0.15) is 11.5 Å². The topological polar surface area (TPSA) is 106 Å². The molecule has 0 unspecified atom stereocenters. The van der Waals surface area contributed by atoms with Crippen LogP contribution >= 0.6 is 0 Å². The molecule has 0 aliphatic rings. The maximum atomic E-state index is 12.3. The Kier molecular flexibility index (Phi) is 7.13. The maximum Gasteiger partial charge on any atom is 0.343 e. The fourth-order valence-corrected chi connectivity index (χ4v) is 3.28. The fourth-order valence-electron chi connectivity index (χ4n) is 3.28. The number of amides is 2. The second kappa shape index (κ2) is 10.8. The molecule has 8 heteroatoms. The van der Waals surface area contributed by atoms with Gasteiger partial charge >= 0.3 is 17.8 Å². The number of rotatable bonds is 6. The quantitative estimate of drug-likeness (QED) is 0.146. The maximum absolute atomic E-state index is 12.3. The molecule has 0 fully saturated rings. The third kappa shape index (κ3) is 5.88. The smallest absolute Gasteiger partial charge is 0.343 e. The summed E-state index contributed by atoms with van der Waals surface area (Å²) in [7, 11) is 1.54. The first-order valence-corrected chi connectivity index (χ1v) is 10.6. The molecule has 35 heavy (non-hydrogen) atoms. The van der Waals surface area contributed by atoms with Crippen LogP contribution in [0.2, 0.25) is 0 Å². The van der Waals surface area contributed by atoms with Crippen LogP contribution in [-0.2, 0) is 9.59 Å². The zero-order chi connectivity index (χ0) is 24.6. The molecule has 2 amide bonds. The highest BCUT2D eigenvalue weighted by Gasteiger charge is 2.14. The molecule has 0 aliphatic carbocycles. The molecule has 0 atom stereocenters. The van der Waals surface area contributed by atoms with Gasteiger partial charge in [0.2, 0.25) is 0 Å². The van der Waals surface area contributed by atoms with Gasteiger partial charge in [-0.25, -0.2) is 10.2 Å². The Morgan fingerprint density at radius 2 is 1.54 bits per heavy atom. The van der Waals surface area contributed by atoms with Gasteiger partial charge in [-0.05, 0) is 53.4 Å². The molecule has 4 rings (SSSR count). The first-order chi connectivity index (χ1) is 17.0. The van der Waals surface area contributed by atoms with E-state index in [4.69, 9.17) is 9.47 Å².